The summed E-state index contributed by atoms with van der Waals surface area (Å²) >= 11 is 0. The summed E-state index contributed by atoms with van der Waals surface area (Å²) in [7, 11) is -10.1. The highest BCUT2D eigenvalue weighted by atomic mass is 31.2. The molecule has 0 rings (SSSR count). The Morgan fingerprint density at radius 1 is 1.04 bits per heavy atom. The number of aliphatic hydroxyl groups excluding tert-OH is 1. The second-order valence-electron chi connectivity index (χ2n) is 6.66. The van der Waals surface area contributed by atoms with E-state index in [0.717, 1.165) is 24.8 Å². The van der Waals surface area contributed by atoms with Crippen LogP contribution in [0.2, 0.25) is 0 Å². The van der Waals surface area contributed by atoms with Gasteiger partial charge in [-0.05, 0) is 59.8 Å². The van der Waals surface area contributed by atoms with Crippen LogP contribution in [-0.2, 0) is 9.13 Å². The van der Waals surface area contributed by atoms with Crippen molar-refractivity contribution in [3.05, 3.63) is 34.9 Å². The molecule has 0 saturated carbocycles. The van der Waals surface area contributed by atoms with Gasteiger partial charge in [-0.2, -0.15) is 8.78 Å². The van der Waals surface area contributed by atoms with Crippen LogP contribution in [0.3, 0.4) is 0 Å². The zero-order valence-corrected chi connectivity index (χ0v) is 17.6. The van der Waals surface area contributed by atoms with Gasteiger partial charge in [0.25, 0.3) is 0 Å². The second kappa shape index (κ2) is 11.3. The zero-order valence-electron chi connectivity index (χ0n) is 15.7. The maximum atomic E-state index is 13.3. The minimum absolute atomic E-state index is 0.331. The highest BCUT2D eigenvalue weighted by molar-refractivity contribution is 7.68. The van der Waals surface area contributed by atoms with Crippen LogP contribution in [0.5, 0.6) is 0 Å². The fourth-order valence-corrected chi connectivity index (χ4v) is 4.43. The van der Waals surface area contributed by atoms with Gasteiger partial charge in [0.15, 0.2) is 7.80 Å². The monoisotopic (exact) mass is 414 g/mol. The smallest absolute Gasteiger partial charge is 0.385 e. The normalized spacial score (nSPS) is 16.3. The first-order valence-corrected chi connectivity index (χ1v) is 11.5. The van der Waals surface area contributed by atoms with Crippen molar-refractivity contribution in [2.24, 2.45) is 0 Å². The highest BCUT2D eigenvalue weighted by Gasteiger charge is 2.55. The van der Waals surface area contributed by atoms with Gasteiger partial charge < -0.3 is 19.5 Å². The van der Waals surface area contributed by atoms with Gasteiger partial charge in [-0.25, -0.2) is 0 Å². The van der Waals surface area contributed by atoms with E-state index in [-0.39, 0.29) is 6.42 Å². The molecular weight excluding hydrogens is 384 g/mol. The van der Waals surface area contributed by atoms with Gasteiger partial charge in [0.2, 0.25) is 0 Å². The lowest BCUT2D eigenvalue weighted by Gasteiger charge is -2.20. The summed E-state index contributed by atoms with van der Waals surface area (Å²) in [5.74, 6) is -1.97. The maximum Gasteiger partial charge on any atom is 0.402 e. The number of halogens is 2. The van der Waals surface area contributed by atoms with Crippen LogP contribution in [0.15, 0.2) is 34.9 Å². The van der Waals surface area contributed by atoms with E-state index in [0.29, 0.717) is 6.42 Å². The molecule has 0 bridgehead atoms. The van der Waals surface area contributed by atoms with E-state index in [4.69, 9.17) is 9.79 Å². The summed E-state index contributed by atoms with van der Waals surface area (Å²) in [5, 5.41) is 4.88. The Bertz CT molecular complexity index is 617. The SMILES string of the molecule is CC(C)=CCC/C(C)=C/CC/C(C)=C/CC(O)[PH](=O)C(F)(F)P(=O)(O)O. The quantitative estimate of drug-likeness (QED) is 0.311. The number of aliphatic hydroxyl groups is 1. The van der Waals surface area contributed by atoms with Crippen molar-refractivity contribution >= 4 is 15.4 Å². The molecular formula is C17H30F2O5P2. The molecule has 9 heteroatoms. The van der Waals surface area contributed by atoms with Gasteiger partial charge in [-0.15, -0.1) is 0 Å². The van der Waals surface area contributed by atoms with Crippen molar-refractivity contribution in [1.29, 1.82) is 0 Å². The first-order chi connectivity index (χ1) is 11.8. The summed E-state index contributed by atoms with van der Waals surface area (Å²) in [6.45, 7) is 7.90. The van der Waals surface area contributed by atoms with E-state index in [1.165, 1.54) is 17.2 Å². The molecule has 0 radical (unpaired) electrons. The van der Waals surface area contributed by atoms with Crippen molar-refractivity contribution in [2.75, 3.05) is 0 Å². The minimum atomic E-state index is -5.86. The molecule has 0 aromatic heterocycles. The van der Waals surface area contributed by atoms with Gasteiger partial charge in [-0.1, -0.05) is 34.9 Å². The molecule has 0 amide bonds. The summed E-state index contributed by atoms with van der Waals surface area (Å²) in [6, 6.07) is 0. The Hall–Kier alpha value is -0.580. The van der Waals surface area contributed by atoms with Gasteiger partial charge in [0.1, 0.15) is 5.85 Å². The lowest BCUT2D eigenvalue weighted by atomic mass is 10.1. The maximum absolute atomic E-state index is 13.3. The third-order valence-electron chi connectivity index (χ3n) is 3.78. The van der Waals surface area contributed by atoms with Crippen molar-refractivity contribution in [2.45, 2.75) is 71.0 Å². The number of hydrogen-bond donors (Lipinski definition) is 3. The fraction of sp³-hybridized carbons (Fsp3) is 0.647. The molecule has 0 aliphatic carbocycles. The van der Waals surface area contributed by atoms with Crippen molar-refractivity contribution < 1.29 is 32.8 Å². The predicted octanol–water partition coefficient (Wildman–Crippen LogP) is 5.40. The van der Waals surface area contributed by atoms with Crippen LogP contribution in [0.25, 0.3) is 0 Å². The van der Waals surface area contributed by atoms with Crippen molar-refractivity contribution in [1.82, 2.24) is 0 Å². The molecule has 0 aliphatic rings. The molecule has 0 aromatic rings. The summed E-state index contributed by atoms with van der Waals surface area (Å²) in [5.41, 5.74) is 3.35. The Morgan fingerprint density at radius 2 is 1.50 bits per heavy atom. The molecule has 5 nitrogen and oxygen atoms in total. The molecule has 2 unspecified atom stereocenters. The Balaban J connectivity index is 4.51. The molecule has 0 aliphatic heterocycles. The molecule has 2 atom stereocenters. The Labute approximate surface area is 154 Å². The molecule has 0 heterocycles. The highest BCUT2D eigenvalue weighted by Crippen LogP contribution is 2.66. The van der Waals surface area contributed by atoms with Crippen molar-refractivity contribution in [3.8, 4) is 0 Å². The standard InChI is InChI=1S/C17H30F2O5P2/c1-13(2)7-5-8-14(3)9-6-10-15(4)11-12-16(20)25(21)17(18,19)26(22,23)24/h7,9,11,16,20,25H,5-6,8,10,12H2,1-4H3,(H2,22,23,24)/b14-9+,15-11+. The van der Waals surface area contributed by atoms with Crippen LogP contribution in [-0.4, -0.2) is 26.1 Å². The molecule has 3 N–H and O–H groups in total. The van der Waals surface area contributed by atoms with Crippen LogP contribution in [0.4, 0.5) is 8.78 Å². The first-order valence-electron chi connectivity index (χ1n) is 8.39. The van der Waals surface area contributed by atoms with E-state index < -0.39 is 26.6 Å². The van der Waals surface area contributed by atoms with Gasteiger partial charge in [0.05, 0.1) is 0 Å². The summed E-state index contributed by atoms with van der Waals surface area (Å²) in [4.78, 5) is 17.1. The molecule has 26 heavy (non-hydrogen) atoms. The topological polar surface area (TPSA) is 94.8 Å². The first kappa shape index (κ1) is 25.4. The van der Waals surface area contributed by atoms with Gasteiger partial charge in [0, 0.05) is 0 Å². The summed E-state index contributed by atoms with van der Waals surface area (Å²) in [6.07, 6.45) is 8.77. The van der Waals surface area contributed by atoms with E-state index in [1.807, 2.05) is 20.8 Å². The number of alkyl halides is 2. The zero-order chi connectivity index (χ0) is 20.5. The van der Waals surface area contributed by atoms with Crippen LogP contribution in [0.1, 0.15) is 59.8 Å². The molecule has 152 valence electrons. The third-order valence-corrected chi connectivity index (χ3v) is 7.48. The van der Waals surface area contributed by atoms with Crippen molar-refractivity contribution in [3.63, 3.8) is 0 Å². The fourth-order valence-electron chi connectivity index (χ4n) is 2.10. The Kier molecular flexibility index (Phi) is 11.1. The van der Waals surface area contributed by atoms with E-state index in [9.17, 15) is 23.0 Å². The molecule has 0 saturated heterocycles. The summed E-state index contributed by atoms with van der Waals surface area (Å²) < 4.78 is 48.9. The second-order valence-corrected chi connectivity index (χ2v) is 10.8. The molecule has 0 spiro atoms. The van der Waals surface area contributed by atoms with E-state index in [1.54, 1.807) is 6.92 Å². The average molecular weight is 414 g/mol. The third kappa shape index (κ3) is 9.38. The van der Waals surface area contributed by atoms with Crippen LogP contribution < -0.4 is 0 Å². The lowest BCUT2D eigenvalue weighted by molar-refractivity contribution is 0.130. The average Bonchev–Trinajstić information content (AvgIpc) is 2.50. The van der Waals surface area contributed by atoms with E-state index in [2.05, 4.69) is 12.2 Å². The van der Waals surface area contributed by atoms with Gasteiger partial charge >= 0.3 is 13.0 Å². The number of allylic oxidation sites excluding steroid dienone is 5. The van der Waals surface area contributed by atoms with Gasteiger partial charge in [-0.3, -0.25) is 4.57 Å². The largest absolute Gasteiger partial charge is 0.402 e. The number of hydrogen-bond acceptors (Lipinski definition) is 3. The lowest BCUT2D eigenvalue weighted by Crippen LogP contribution is -2.17. The minimum Gasteiger partial charge on any atom is -0.385 e. The number of rotatable bonds is 11. The van der Waals surface area contributed by atoms with E-state index >= 15 is 0 Å². The van der Waals surface area contributed by atoms with Crippen LogP contribution >= 0.6 is 15.4 Å². The Morgan fingerprint density at radius 3 is 1.96 bits per heavy atom. The van der Waals surface area contributed by atoms with Crippen LogP contribution in [0, 0.1) is 0 Å². The molecule has 0 fully saturated rings. The molecule has 0 aromatic carbocycles. The predicted molar refractivity (Wildman–Crippen MR) is 102 cm³/mol.